The molecule has 8 nitrogen and oxygen atoms in total. The number of amides is 1. The third-order valence-electron chi connectivity index (χ3n) is 3.67. The first-order valence-electron chi connectivity index (χ1n) is 7.94. The number of carbonyl (C=O) groups is 2. The lowest BCUT2D eigenvalue weighted by Crippen LogP contribution is -2.14. The summed E-state index contributed by atoms with van der Waals surface area (Å²) in [7, 11) is -3.98. The maximum Gasteiger partial charge on any atom is 0.346 e. The van der Waals surface area contributed by atoms with Gasteiger partial charge in [-0.05, 0) is 48.9 Å². The SMILES string of the molecule is Cc1cc(S(=O)(=O)Nc2cccc(C(=O)Nc3ccncc3)c2)sc1C(=O)O. The Morgan fingerprint density at radius 3 is 2.43 bits per heavy atom. The zero-order valence-electron chi connectivity index (χ0n) is 14.5. The molecule has 2 heterocycles. The molecule has 0 radical (unpaired) electrons. The van der Waals surface area contributed by atoms with E-state index in [1.54, 1.807) is 24.3 Å². The van der Waals surface area contributed by atoms with Gasteiger partial charge < -0.3 is 10.4 Å². The van der Waals surface area contributed by atoms with Crippen molar-refractivity contribution in [2.24, 2.45) is 0 Å². The number of nitrogens with zero attached hydrogens (tertiary/aromatic N) is 1. The van der Waals surface area contributed by atoms with Crippen LogP contribution in [0.3, 0.4) is 0 Å². The summed E-state index contributed by atoms with van der Waals surface area (Å²) in [4.78, 5) is 27.3. The summed E-state index contributed by atoms with van der Waals surface area (Å²) in [5.74, 6) is -1.59. The summed E-state index contributed by atoms with van der Waals surface area (Å²) in [5, 5.41) is 11.8. The third kappa shape index (κ3) is 4.35. The molecule has 0 atom stereocenters. The predicted octanol–water partition coefficient (Wildman–Crippen LogP) is 3.20. The van der Waals surface area contributed by atoms with E-state index in [0.29, 0.717) is 22.6 Å². The highest BCUT2D eigenvalue weighted by atomic mass is 32.2. The Kier molecular flexibility index (Phi) is 5.43. The third-order valence-corrected chi connectivity index (χ3v) is 6.75. The van der Waals surface area contributed by atoms with Gasteiger partial charge in [0.2, 0.25) is 0 Å². The van der Waals surface area contributed by atoms with E-state index < -0.39 is 21.9 Å². The van der Waals surface area contributed by atoms with Crippen molar-refractivity contribution >= 4 is 44.6 Å². The number of aromatic nitrogens is 1. The highest BCUT2D eigenvalue weighted by molar-refractivity contribution is 7.94. The Morgan fingerprint density at radius 2 is 1.79 bits per heavy atom. The lowest BCUT2D eigenvalue weighted by molar-refractivity contribution is 0.0701. The summed E-state index contributed by atoms with van der Waals surface area (Å²) in [6.45, 7) is 1.53. The molecule has 144 valence electrons. The van der Waals surface area contributed by atoms with Crippen molar-refractivity contribution < 1.29 is 23.1 Å². The lowest BCUT2D eigenvalue weighted by Gasteiger charge is -2.09. The van der Waals surface area contributed by atoms with Crippen LogP contribution in [0.15, 0.2) is 59.1 Å². The van der Waals surface area contributed by atoms with Crippen LogP contribution in [-0.4, -0.2) is 30.4 Å². The Hall–Kier alpha value is -3.24. The second kappa shape index (κ2) is 7.79. The van der Waals surface area contributed by atoms with E-state index in [0.717, 1.165) is 0 Å². The van der Waals surface area contributed by atoms with E-state index >= 15 is 0 Å². The number of sulfonamides is 1. The van der Waals surface area contributed by atoms with Gasteiger partial charge in [0.15, 0.2) is 0 Å². The van der Waals surface area contributed by atoms with Gasteiger partial charge in [-0.2, -0.15) is 0 Å². The molecule has 3 aromatic rings. The number of aryl methyl sites for hydroxylation is 1. The van der Waals surface area contributed by atoms with E-state index in [4.69, 9.17) is 5.11 Å². The zero-order valence-corrected chi connectivity index (χ0v) is 16.2. The van der Waals surface area contributed by atoms with E-state index in [2.05, 4.69) is 15.0 Å². The quantitative estimate of drug-likeness (QED) is 0.565. The van der Waals surface area contributed by atoms with E-state index in [9.17, 15) is 18.0 Å². The van der Waals surface area contributed by atoms with E-state index in [1.165, 1.54) is 37.5 Å². The molecule has 0 unspecified atom stereocenters. The first kappa shape index (κ1) is 19.5. The smallest absolute Gasteiger partial charge is 0.346 e. The van der Waals surface area contributed by atoms with Crippen molar-refractivity contribution in [1.29, 1.82) is 0 Å². The molecule has 3 N–H and O–H groups in total. The fourth-order valence-corrected chi connectivity index (χ4v) is 4.79. The molecule has 28 heavy (non-hydrogen) atoms. The van der Waals surface area contributed by atoms with Gasteiger partial charge in [0.05, 0.1) is 0 Å². The molecule has 3 rings (SSSR count). The summed E-state index contributed by atoms with van der Waals surface area (Å²) in [5.41, 5.74) is 1.36. The number of rotatable bonds is 6. The number of thiophene rings is 1. The minimum Gasteiger partial charge on any atom is -0.477 e. The maximum absolute atomic E-state index is 12.6. The molecular weight excluding hydrogens is 402 g/mol. The molecule has 0 fully saturated rings. The molecule has 0 spiro atoms. The number of carbonyl (C=O) groups excluding carboxylic acids is 1. The van der Waals surface area contributed by atoms with Crippen LogP contribution in [0.5, 0.6) is 0 Å². The zero-order chi connectivity index (χ0) is 20.3. The fourth-order valence-electron chi connectivity index (χ4n) is 2.37. The maximum atomic E-state index is 12.6. The largest absolute Gasteiger partial charge is 0.477 e. The van der Waals surface area contributed by atoms with Gasteiger partial charge in [-0.3, -0.25) is 14.5 Å². The number of pyridine rings is 1. The number of aromatic carboxylic acids is 1. The standard InChI is InChI=1S/C18H15N3O5S2/c1-11-9-15(27-16(11)18(23)24)28(25,26)21-14-4-2-3-12(10-14)17(22)20-13-5-7-19-8-6-13/h2-10,21H,1H3,(H,23,24)(H,19,20,22). The molecule has 0 aliphatic carbocycles. The number of carboxylic acid groups (broad SMARTS) is 1. The highest BCUT2D eigenvalue weighted by Gasteiger charge is 2.22. The second-order valence-electron chi connectivity index (χ2n) is 5.76. The van der Waals surface area contributed by atoms with Crippen molar-refractivity contribution in [2.75, 3.05) is 10.0 Å². The van der Waals surface area contributed by atoms with Crippen molar-refractivity contribution in [3.05, 3.63) is 70.9 Å². The number of benzene rings is 1. The summed E-state index contributed by atoms with van der Waals surface area (Å²) in [6, 6.07) is 10.5. The van der Waals surface area contributed by atoms with Gasteiger partial charge in [-0.1, -0.05) is 6.07 Å². The molecule has 0 aliphatic rings. The first-order chi connectivity index (χ1) is 13.3. The van der Waals surface area contributed by atoms with Crippen molar-refractivity contribution in [1.82, 2.24) is 4.98 Å². The van der Waals surface area contributed by atoms with Crippen LogP contribution in [0.1, 0.15) is 25.6 Å². The molecule has 0 saturated heterocycles. The molecular formula is C18H15N3O5S2. The van der Waals surface area contributed by atoms with Gasteiger partial charge in [0.25, 0.3) is 15.9 Å². The molecule has 0 aliphatic heterocycles. The average molecular weight is 417 g/mol. The van der Waals surface area contributed by atoms with Crippen molar-refractivity contribution in [3.8, 4) is 0 Å². The van der Waals surface area contributed by atoms with Gasteiger partial charge in [0, 0.05) is 29.3 Å². The van der Waals surface area contributed by atoms with Crippen molar-refractivity contribution in [3.63, 3.8) is 0 Å². The predicted molar refractivity (Wildman–Crippen MR) is 105 cm³/mol. The minimum atomic E-state index is -3.98. The monoisotopic (exact) mass is 417 g/mol. The molecule has 0 saturated carbocycles. The molecule has 1 aromatic carbocycles. The second-order valence-corrected chi connectivity index (χ2v) is 8.72. The van der Waals surface area contributed by atoms with E-state index in [-0.39, 0.29) is 20.3 Å². The first-order valence-corrected chi connectivity index (χ1v) is 10.2. The van der Waals surface area contributed by atoms with Crippen LogP contribution in [-0.2, 0) is 10.0 Å². The molecule has 1 amide bonds. The van der Waals surface area contributed by atoms with Crippen molar-refractivity contribution in [2.45, 2.75) is 11.1 Å². The molecule has 0 bridgehead atoms. The average Bonchev–Trinajstić information content (AvgIpc) is 3.05. The Morgan fingerprint density at radius 1 is 1.07 bits per heavy atom. The number of hydrogen-bond donors (Lipinski definition) is 3. The van der Waals surface area contributed by atoms with Gasteiger partial charge in [0.1, 0.15) is 9.09 Å². The Labute approximate surface area is 164 Å². The Bertz CT molecular complexity index is 1140. The molecule has 10 heteroatoms. The van der Waals surface area contributed by atoms with E-state index in [1.807, 2.05) is 0 Å². The lowest BCUT2D eigenvalue weighted by atomic mass is 10.2. The number of nitrogens with one attached hydrogen (secondary N) is 2. The number of carboxylic acids is 1. The van der Waals surface area contributed by atoms with Crippen LogP contribution in [0.25, 0.3) is 0 Å². The summed E-state index contributed by atoms with van der Waals surface area (Å²) >= 11 is 0.671. The molecule has 2 aromatic heterocycles. The van der Waals surface area contributed by atoms with Gasteiger partial charge in [-0.25, -0.2) is 13.2 Å². The normalized spacial score (nSPS) is 11.0. The van der Waals surface area contributed by atoms with Crippen LogP contribution >= 0.6 is 11.3 Å². The van der Waals surface area contributed by atoms with Gasteiger partial charge >= 0.3 is 5.97 Å². The highest BCUT2D eigenvalue weighted by Crippen LogP contribution is 2.28. The minimum absolute atomic E-state index is 0.0362. The van der Waals surface area contributed by atoms with Crippen LogP contribution < -0.4 is 10.0 Å². The van der Waals surface area contributed by atoms with Crippen LogP contribution in [0, 0.1) is 6.92 Å². The van der Waals surface area contributed by atoms with Crippen LogP contribution in [0.2, 0.25) is 0 Å². The fraction of sp³-hybridized carbons (Fsp3) is 0.0556. The van der Waals surface area contributed by atoms with Crippen LogP contribution in [0.4, 0.5) is 11.4 Å². The van der Waals surface area contributed by atoms with Gasteiger partial charge in [-0.15, -0.1) is 11.3 Å². The number of anilines is 2. The summed E-state index contributed by atoms with van der Waals surface area (Å²) < 4.78 is 27.4. The summed E-state index contributed by atoms with van der Waals surface area (Å²) in [6.07, 6.45) is 3.07. The topological polar surface area (TPSA) is 125 Å². The Balaban J connectivity index is 1.81. The number of hydrogen-bond acceptors (Lipinski definition) is 6.